The molecule has 1 amide bonds. The maximum Gasteiger partial charge on any atom is 0.411 e. The largest absolute Gasteiger partial charge is 0.469 e. The second-order valence-corrected chi connectivity index (χ2v) is 8.18. The highest BCUT2D eigenvalue weighted by Crippen LogP contribution is 2.78. The van der Waals surface area contributed by atoms with Crippen molar-refractivity contribution in [3.63, 3.8) is 0 Å². The Balaban J connectivity index is 1.60. The number of rotatable bonds is 5. The van der Waals surface area contributed by atoms with Crippen molar-refractivity contribution in [3.05, 3.63) is 71.8 Å². The molecule has 5 nitrogen and oxygen atoms in total. The molecule has 0 bridgehead atoms. The van der Waals surface area contributed by atoms with Crippen molar-refractivity contribution in [2.45, 2.75) is 43.4 Å². The first kappa shape index (κ1) is 17.3. The summed E-state index contributed by atoms with van der Waals surface area (Å²) in [6.45, 7) is 0. The van der Waals surface area contributed by atoms with Crippen LogP contribution in [0.25, 0.3) is 0 Å². The monoisotopic (exact) mass is 377 g/mol. The minimum Gasteiger partial charge on any atom is -0.469 e. The number of nitrogens with zero attached hydrogens (tertiary/aromatic N) is 1. The van der Waals surface area contributed by atoms with Crippen molar-refractivity contribution >= 4 is 12.1 Å². The molecule has 1 saturated heterocycles. The van der Waals surface area contributed by atoms with Gasteiger partial charge in [0, 0.05) is 0 Å². The minimum atomic E-state index is -0.499. The van der Waals surface area contributed by atoms with Crippen molar-refractivity contribution in [1.82, 2.24) is 4.90 Å². The molecule has 3 aliphatic rings. The van der Waals surface area contributed by atoms with Crippen LogP contribution in [0.2, 0.25) is 0 Å². The van der Waals surface area contributed by atoms with Crippen molar-refractivity contribution in [2.75, 3.05) is 7.11 Å². The molecule has 1 heterocycles. The maximum absolute atomic E-state index is 13.2. The summed E-state index contributed by atoms with van der Waals surface area (Å²) < 4.78 is 10.9. The second kappa shape index (κ2) is 6.09. The zero-order chi connectivity index (χ0) is 19.4. The minimum absolute atomic E-state index is 0.0544. The van der Waals surface area contributed by atoms with Gasteiger partial charge < -0.3 is 9.47 Å². The number of esters is 1. The number of hydrogen-bond acceptors (Lipinski definition) is 4. The molecule has 2 saturated carbocycles. The van der Waals surface area contributed by atoms with E-state index in [1.54, 1.807) is 0 Å². The van der Waals surface area contributed by atoms with Gasteiger partial charge in [-0.1, -0.05) is 60.7 Å². The molecule has 2 aromatic carbocycles. The van der Waals surface area contributed by atoms with Crippen LogP contribution in [0.4, 0.5) is 4.79 Å². The summed E-state index contributed by atoms with van der Waals surface area (Å²) in [6.07, 6.45) is 2.42. The first-order chi connectivity index (χ1) is 13.6. The van der Waals surface area contributed by atoms with Crippen LogP contribution in [0.1, 0.15) is 49.0 Å². The lowest BCUT2D eigenvalue weighted by Gasteiger charge is -2.33. The van der Waals surface area contributed by atoms with E-state index in [0.717, 1.165) is 30.4 Å². The van der Waals surface area contributed by atoms with Crippen LogP contribution in [0.15, 0.2) is 60.7 Å². The lowest BCUT2D eigenvalue weighted by Crippen LogP contribution is -2.43. The first-order valence-electron chi connectivity index (χ1n) is 9.77. The van der Waals surface area contributed by atoms with Crippen LogP contribution < -0.4 is 0 Å². The highest BCUT2D eigenvalue weighted by atomic mass is 16.6. The van der Waals surface area contributed by atoms with E-state index in [-0.39, 0.29) is 29.9 Å². The van der Waals surface area contributed by atoms with Crippen LogP contribution in [0.3, 0.4) is 0 Å². The van der Waals surface area contributed by atoms with Crippen LogP contribution in [-0.2, 0) is 14.3 Å². The molecule has 2 aromatic rings. The standard InChI is InChI=1S/C23H23NO4/c1-27-18(25)14-23(15-22(23)12-13-22)24-19(16-8-4-2-5-9-16)20(28-21(24)26)17-10-6-3-7-11-17/h2-11,19-20H,12-15H2,1H3/t19-,20+,23-/m1/s1. The molecule has 0 aromatic heterocycles. The molecule has 3 fully saturated rings. The summed E-state index contributed by atoms with van der Waals surface area (Å²) in [5, 5.41) is 0. The number of carbonyl (C=O) groups excluding carboxylic acids is 2. The van der Waals surface area contributed by atoms with Crippen molar-refractivity contribution in [1.29, 1.82) is 0 Å². The van der Waals surface area contributed by atoms with Gasteiger partial charge in [0.15, 0.2) is 6.10 Å². The number of benzene rings is 2. The zero-order valence-corrected chi connectivity index (χ0v) is 15.8. The number of methoxy groups -OCH3 is 1. The van der Waals surface area contributed by atoms with E-state index >= 15 is 0 Å². The summed E-state index contributed by atoms with van der Waals surface area (Å²) in [5.74, 6) is -0.272. The molecular weight excluding hydrogens is 354 g/mol. The van der Waals surface area contributed by atoms with E-state index in [1.807, 2.05) is 65.6 Å². The Labute approximate surface area is 164 Å². The summed E-state index contributed by atoms with van der Waals surface area (Å²) in [5.41, 5.74) is 1.54. The van der Waals surface area contributed by atoms with E-state index in [0.29, 0.717) is 0 Å². The van der Waals surface area contributed by atoms with Crippen molar-refractivity contribution in [2.24, 2.45) is 5.41 Å². The predicted octanol–water partition coefficient (Wildman–Crippen LogP) is 4.41. The predicted molar refractivity (Wildman–Crippen MR) is 102 cm³/mol. The van der Waals surface area contributed by atoms with Gasteiger partial charge in [0.2, 0.25) is 0 Å². The maximum atomic E-state index is 13.2. The first-order valence-corrected chi connectivity index (χ1v) is 9.77. The fourth-order valence-corrected chi connectivity index (χ4v) is 5.08. The summed E-state index contributed by atoms with van der Waals surface area (Å²) in [6, 6.07) is 19.6. The average molecular weight is 377 g/mol. The highest BCUT2D eigenvalue weighted by molar-refractivity contribution is 5.78. The van der Waals surface area contributed by atoms with Gasteiger partial charge in [-0.3, -0.25) is 9.69 Å². The smallest absolute Gasteiger partial charge is 0.411 e. The van der Waals surface area contributed by atoms with Crippen molar-refractivity contribution < 1.29 is 19.1 Å². The van der Waals surface area contributed by atoms with Gasteiger partial charge in [-0.2, -0.15) is 0 Å². The molecule has 3 atom stereocenters. The third kappa shape index (κ3) is 2.45. The molecule has 0 unspecified atom stereocenters. The van der Waals surface area contributed by atoms with Crippen LogP contribution in [0.5, 0.6) is 0 Å². The van der Waals surface area contributed by atoms with Crippen LogP contribution >= 0.6 is 0 Å². The highest BCUT2D eigenvalue weighted by Gasteiger charge is 2.79. The van der Waals surface area contributed by atoms with Gasteiger partial charge in [-0.25, -0.2) is 4.79 Å². The fraction of sp³-hybridized carbons (Fsp3) is 0.391. The molecule has 144 valence electrons. The third-order valence-electron chi connectivity index (χ3n) is 6.73. The Morgan fingerprint density at radius 1 is 1.07 bits per heavy atom. The Kier molecular flexibility index (Phi) is 3.76. The van der Waals surface area contributed by atoms with Gasteiger partial charge in [0.25, 0.3) is 0 Å². The van der Waals surface area contributed by atoms with Crippen LogP contribution in [-0.4, -0.2) is 29.6 Å². The lowest BCUT2D eigenvalue weighted by molar-refractivity contribution is -0.142. The van der Waals surface area contributed by atoms with Gasteiger partial charge in [-0.15, -0.1) is 0 Å². The van der Waals surface area contributed by atoms with Crippen LogP contribution in [0, 0.1) is 5.41 Å². The molecule has 1 aliphatic heterocycles. The summed E-state index contributed by atoms with van der Waals surface area (Å²) in [7, 11) is 1.40. The van der Waals surface area contributed by atoms with Gasteiger partial charge >= 0.3 is 12.1 Å². The van der Waals surface area contributed by atoms with Crippen molar-refractivity contribution in [3.8, 4) is 0 Å². The number of carbonyl (C=O) groups is 2. The SMILES string of the molecule is COC(=O)C[C@@]1(N2C(=O)O[C@@H](c3ccccc3)[C@H]2c2ccccc2)CC12CC2. The number of cyclic esters (lactones) is 1. The quantitative estimate of drug-likeness (QED) is 0.725. The molecule has 1 spiro atoms. The lowest BCUT2D eigenvalue weighted by atomic mass is 9.92. The Morgan fingerprint density at radius 3 is 2.21 bits per heavy atom. The topological polar surface area (TPSA) is 55.8 Å². The summed E-state index contributed by atoms with van der Waals surface area (Å²) >= 11 is 0. The average Bonchev–Trinajstić information content (AvgIpc) is 3.60. The zero-order valence-electron chi connectivity index (χ0n) is 15.8. The summed E-state index contributed by atoms with van der Waals surface area (Å²) in [4.78, 5) is 27.3. The van der Waals surface area contributed by atoms with Gasteiger partial charge in [0.05, 0.1) is 19.1 Å². The molecule has 0 radical (unpaired) electrons. The van der Waals surface area contributed by atoms with E-state index < -0.39 is 11.6 Å². The van der Waals surface area contributed by atoms with Gasteiger partial charge in [-0.05, 0) is 35.8 Å². The Morgan fingerprint density at radius 2 is 1.68 bits per heavy atom. The third-order valence-corrected chi connectivity index (χ3v) is 6.73. The molecular formula is C23H23NO4. The molecule has 5 rings (SSSR count). The normalized spacial score (nSPS) is 29.5. The van der Waals surface area contributed by atoms with E-state index in [1.165, 1.54) is 7.11 Å². The number of amides is 1. The number of ether oxygens (including phenoxy) is 2. The van der Waals surface area contributed by atoms with E-state index in [4.69, 9.17) is 9.47 Å². The van der Waals surface area contributed by atoms with E-state index in [2.05, 4.69) is 0 Å². The Bertz CT molecular complexity index is 909. The number of hydrogen-bond donors (Lipinski definition) is 0. The molecule has 5 heteroatoms. The Hall–Kier alpha value is -2.82. The van der Waals surface area contributed by atoms with E-state index in [9.17, 15) is 9.59 Å². The second-order valence-electron chi connectivity index (χ2n) is 8.18. The molecule has 0 N–H and O–H groups in total. The fourth-order valence-electron chi connectivity index (χ4n) is 5.08. The molecule has 2 aliphatic carbocycles. The molecule has 28 heavy (non-hydrogen) atoms. The van der Waals surface area contributed by atoms with Gasteiger partial charge in [0.1, 0.15) is 6.04 Å².